The van der Waals surface area contributed by atoms with Crippen molar-refractivity contribution < 1.29 is 9.90 Å². The maximum atomic E-state index is 12.3. The van der Waals surface area contributed by atoms with E-state index >= 15 is 0 Å². The molecule has 1 unspecified atom stereocenters. The van der Waals surface area contributed by atoms with Crippen LogP contribution in [0.2, 0.25) is 0 Å². The molecule has 3 heteroatoms. The van der Waals surface area contributed by atoms with Crippen molar-refractivity contribution >= 4 is 11.6 Å². The number of fused-ring (bicyclic) bond motifs is 1. The largest absolute Gasteiger partial charge is 0.396 e. The van der Waals surface area contributed by atoms with Crippen molar-refractivity contribution in [2.45, 2.75) is 128 Å². The van der Waals surface area contributed by atoms with E-state index in [2.05, 4.69) is 24.4 Å². The number of aliphatic hydroxyl groups excluding tert-OH is 1. The summed E-state index contributed by atoms with van der Waals surface area (Å²) in [5.41, 5.74) is 3.64. The first-order chi connectivity index (χ1) is 15.2. The highest BCUT2D eigenvalue weighted by atomic mass is 16.3. The van der Waals surface area contributed by atoms with Gasteiger partial charge in [-0.1, -0.05) is 90.0 Å². The van der Waals surface area contributed by atoms with Crippen LogP contribution in [0.15, 0.2) is 18.2 Å². The quantitative estimate of drug-likeness (QED) is 0.247. The Morgan fingerprint density at radius 3 is 2.16 bits per heavy atom. The summed E-state index contributed by atoms with van der Waals surface area (Å²) in [5, 5.41) is 12.4. The molecule has 0 aliphatic heterocycles. The molecule has 1 aliphatic rings. The second-order valence-electron chi connectivity index (χ2n) is 9.56. The Morgan fingerprint density at radius 2 is 1.55 bits per heavy atom. The number of nitrogens with one attached hydrogen (secondary N) is 1. The number of aliphatic hydroxyl groups is 1. The molecule has 0 aromatic heterocycles. The van der Waals surface area contributed by atoms with Crippen LogP contribution in [0.3, 0.4) is 0 Å². The molecule has 31 heavy (non-hydrogen) atoms. The van der Waals surface area contributed by atoms with E-state index in [1.165, 1.54) is 88.2 Å². The lowest BCUT2D eigenvalue weighted by molar-refractivity contribution is -0.116. The van der Waals surface area contributed by atoms with Crippen molar-refractivity contribution in [3.63, 3.8) is 0 Å². The molecular weight excluding hydrogens is 382 g/mol. The SMILES string of the molecule is CCCCCCCCCCCCCCCC(=O)Nc1ccc2c(c1)C(CCO)CCC2. The maximum absolute atomic E-state index is 12.3. The van der Waals surface area contributed by atoms with Crippen molar-refractivity contribution in [1.82, 2.24) is 0 Å². The number of amides is 1. The molecule has 1 atom stereocenters. The van der Waals surface area contributed by atoms with E-state index in [0.29, 0.717) is 12.3 Å². The Balaban J connectivity index is 1.51. The number of unbranched alkanes of at least 4 members (excludes halogenated alkanes) is 12. The highest BCUT2D eigenvalue weighted by molar-refractivity contribution is 5.90. The van der Waals surface area contributed by atoms with Gasteiger partial charge in [-0.05, 0) is 61.3 Å². The summed E-state index contributed by atoms with van der Waals surface area (Å²) >= 11 is 0. The second kappa shape index (κ2) is 16.3. The molecular formula is C28H47NO2. The third kappa shape index (κ3) is 10.7. The first kappa shape index (κ1) is 25.9. The van der Waals surface area contributed by atoms with Crippen molar-refractivity contribution in [3.8, 4) is 0 Å². The normalized spacial score (nSPS) is 15.6. The van der Waals surface area contributed by atoms with Crippen LogP contribution in [0, 0.1) is 0 Å². The van der Waals surface area contributed by atoms with Gasteiger partial charge in [0.1, 0.15) is 0 Å². The van der Waals surface area contributed by atoms with Crippen molar-refractivity contribution in [3.05, 3.63) is 29.3 Å². The van der Waals surface area contributed by atoms with Crippen LogP contribution in [-0.4, -0.2) is 17.6 Å². The summed E-state index contributed by atoms with van der Waals surface area (Å²) in [6.07, 6.45) is 22.1. The van der Waals surface area contributed by atoms with Crippen molar-refractivity contribution in [2.24, 2.45) is 0 Å². The molecule has 0 heterocycles. The zero-order valence-electron chi connectivity index (χ0n) is 20.1. The highest BCUT2D eigenvalue weighted by Crippen LogP contribution is 2.35. The molecule has 0 radical (unpaired) electrons. The van der Waals surface area contributed by atoms with Crippen molar-refractivity contribution in [1.29, 1.82) is 0 Å². The summed E-state index contributed by atoms with van der Waals surface area (Å²) < 4.78 is 0. The van der Waals surface area contributed by atoms with Gasteiger partial charge in [-0.2, -0.15) is 0 Å². The number of rotatable bonds is 17. The van der Waals surface area contributed by atoms with Gasteiger partial charge >= 0.3 is 0 Å². The minimum absolute atomic E-state index is 0.137. The molecule has 1 aromatic carbocycles. The van der Waals surface area contributed by atoms with Gasteiger partial charge in [-0.3, -0.25) is 4.79 Å². The van der Waals surface area contributed by atoms with Gasteiger partial charge in [0, 0.05) is 18.7 Å². The molecule has 0 bridgehead atoms. The van der Waals surface area contributed by atoms with E-state index < -0.39 is 0 Å². The fraction of sp³-hybridized carbons (Fsp3) is 0.750. The maximum Gasteiger partial charge on any atom is 0.224 e. The Kier molecular flexibility index (Phi) is 13.6. The fourth-order valence-corrected chi connectivity index (χ4v) is 4.96. The van der Waals surface area contributed by atoms with E-state index in [9.17, 15) is 9.90 Å². The topological polar surface area (TPSA) is 49.3 Å². The van der Waals surface area contributed by atoms with Crippen molar-refractivity contribution in [2.75, 3.05) is 11.9 Å². The lowest BCUT2D eigenvalue weighted by Crippen LogP contribution is -2.14. The monoisotopic (exact) mass is 429 g/mol. The Morgan fingerprint density at radius 1 is 0.935 bits per heavy atom. The molecule has 0 spiro atoms. The van der Waals surface area contributed by atoms with Gasteiger partial charge in [0.15, 0.2) is 0 Å². The Bertz CT molecular complexity index is 613. The van der Waals surface area contributed by atoms with E-state index in [-0.39, 0.29) is 12.5 Å². The highest BCUT2D eigenvalue weighted by Gasteiger charge is 2.20. The summed E-state index contributed by atoms with van der Waals surface area (Å²) in [6, 6.07) is 6.36. The number of anilines is 1. The van der Waals surface area contributed by atoms with Gasteiger partial charge in [0.2, 0.25) is 5.91 Å². The van der Waals surface area contributed by atoms with Crippen LogP contribution in [0.5, 0.6) is 0 Å². The van der Waals surface area contributed by atoms with Crippen LogP contribution < -0.4 is 5.32 Å². The standard InChI is InChI=1S/C28H47NO2/c1-2-3-4-5-6-7-8-9-10-11-12-13-14-18-28(31)29-26-20-19-24-16-15-17-25(21-22-30)27(24)23-26/h19-20,23,25,30H,2-18,21-22H2,1H3,(H,29,31). The summed E-state index contributed by atoms with van der Waals surface area (Å²) in [5.74, 6) is 0.573. The zero-order valence-corrected chi connectivity index (χ0v) is 20.1. The van der Waals surface area contributed by atoms with E-state index in [4.69, 9.17) is 0 Å². The fourth-order valence-electron chi connectivity index (χ4n) is 4.96. The Labute approximate surface area is 191 Å². The number of carbonyl (C=O) groups excluding carboxylic acids is 1. The number of hydrogen-bond donors (Lipinski definition) is 2. The number of carbonyl (C=O) groups is 1. The van der Waals surface area contributed by atoms with Gasteiger partial charge in [-0.25, -0.2) is 0 Å². The molecule has 3 nitrogen and oxygen atoms in total. The van der Waals surface area contributed by atoms with Crippen LogP contribution in [0.25, 0.3) is 0 Å². The summed E-state index contributed by atoms with van der Waals surface area (Å²) in [4.78, 5) is 12.3. The van der Waals surface area contributed by atoms with Crippen LogP contribution in [0.1, 0.15) is 133 Å². The molecule has 0 saturated carbocycles. The molecule has 1 amide bonds. The Hall–Kier alpha value is -1.35. The molecule has 176 valence electrons. The predicted molar refractivity (Wildman–Crippen MR) is 133 cm³/mol. The third-order valence-electron chi connectivity index (χ3n) is 6.85. The van der Waals surface area contributed by atoms with Gasteiger partial charge in [-0.15, -0.1) is 0 Å². The van der Waals surface area contributed by atoms with E-state index in [1.807, 2.05) is 6.07 Å². The molecule has 2 N–H and O–H groups in total. The van der Waals surface area contributed by atoms with Crippen LogP contribution in [0.4, 0.5) is 5.69 Å². The predicted octanol–water partition coefficient (Wildman–Crippen LogP) is 7.91. The smallest absolute Gasteiger partial charge is 0.224 e. The summed E-state index contributed by atoms with van der Waals surface area (Å²) in [7, 11) is 0. The minimum Gasteiger partial charge on any atom is -0.396 e. The molecule has 2 rings (SSSR count). The lowest BCUT2D eigenvalue weighted by atomic mass is 9.81. The summed E-state index contributed by atoms with van der Waals surface area (Å²) in [6.45, 7) is 2.51. The van der Waals surface area contributed by atoms with Crippen LogP contribution >= 0.6 is 0 Å². The third-order valence-corrected chi connectivity index (χ3v) is 6.85. The average molecular weight is 430 g/mol. The number of aryl methyl sites for hydroxylation is 1. The van der Waals surface area contributed by atoms with Gasteiger partial charge in [0.25, 0.3) is 0 Å². The zero-order chi connectivity index (χ0) is 22.2. The molecule has 0 fully saturated rings. The minimum atomic E-state index is 0.137. The lowest BCUT2D eigenvalue weighted by Gasteiger charge is -2.25. The average Bonchev–Trinajstić information content (AvgIpc) is 2.77. The van der Waals surface area contributed by atoms with Gasteiger partial charge < -0.3 is 10.4 Å². The second-order valence-corrected chi connectivity index (χ2v) is 9.56. The van der Waals surface area contributed by atoms with Crippen LogP contribution in [-0.2, 0) is 11.2 Å². The van der Waals surface area contributed by atoms with Gasteiger partial charge in [0.05, 0.1) is 0 Å². The molecule has 1 aliphatic carbocycles. The first-order valence-corrected chi connectivity index (χ1v) is 13.3. The number of benzene rings is 1. The molecule has 1 aromatic rings. The van der Waals surface area contributed by atoms with E-state index in [1.54, 1.807) is 0 Å². The first-order valence-electron chi connectivity index (χ1n) is 13.3. The number of hydrogen-bond acceptors (Lipinski definition) is 2. The molecule has 0 saturated heterocycles. The van der Waals surface area contributed by atoms with E-state index in [0.717, 1.165) is 37.8 Å².